The highest BCUT2D eigenvalue weighted by atomic mass is 16.6. The standard InChI is InChI=1S/C26H31N3O7/c1-26(16-36-26)24(33)20(12-17-6-4-3-5-7-17)29-25(34)21(28-22(31)14-27-23(32)15-30)13-18-8-10-19(35-2)11-9-18/h3-11,20-21,30H,12-16H2,1-2H3,(H,27,32)(H,28,31)(H,29,34). The van der Waals surface area contributed by atoms with Crippen molar-refractivity contribution in [3.05, 3.63) is 65.7 Å². The van der Waals surface area contributed by atoms with E-state index in [1.54, 1.807) is 38.3 Å². The number of ketones is 1. The molecule has 0 spiro atoms. The van der Waals surface area contributed by atoms with E-state index in [1.165, 1.54) is 0 Å². The number of aliphatic hydroxyl groups excluding tert-OH is 1. The lowest BCUT2D eigenvalue weighted by Crippen LogP contribution is -2.55. The van der Waals surface area contributed by atoms with Gasteiger partial charge in [-0.25, -0.2) is 0 Å². The molecule has 3 unspecified atom stereocenters. The molecular formula is C26H31N3O7. The summed E-state index contributed by atoms with van der Waals surface area (Å²) >= 11 is 0. The van der Waals surface area contributed by atoms with Crippen molar-refractivity contribution in [3.8, 4) is 5.75 Å². The van der Waals surface area contributed by atoms with E-state index < -0.39 is 48.6 Å². The molecule has 0 aromatic heterocycles. The van der Waals surface area contributed by atoms with Crippen LogP contribution in [0.3, 0.4) is 0 Å². The summed E-state index contributed by atoms with van der Waals surface area (Å²) in [7, 11) is 1.54. The van der Waals surface area contributed by atoms with Crippen LogP contribution < -0.4 is 20.7 Å². The van der Waals surface area contributed by atoms with Gasteiger partial charge in [0.15, 0.2) is 5.78 Å². The molecule has 10 nitrogen and oxygen atoms in total. The van der Waals surface area contributed by atoms with Gasteiger partial charge in [-0.1, -0.05) is 42.5 Å². The second-order valence-corrected chi connectivity index (χ2v) is 8.74. The second-order valence-electron chi connectivity index (χ2n) is 8.74. The smallest absolute Gasteiger partial charge is 0.246 e. The molecule has 0 saturated carbocycles. The SMILES string of the molecule is COc1ccc(CC(NC(=O)CNC(=O)CO)C(=O)NC(Cc2ccccc2)C(=O)C2(C)CO2)cc1. The third-order valence-corrected chi connectivity index (χ3v) is 5.85. The monoisotopic (exact) mass is 497 g/mol. The molecule has 3 atom stereocenters. The van der Waals surface area contributed by atoms with Crippen LogP contribution in [0.25, 0.3) is 0 Å². The Hall–Kier alpha value is -3.76. The minimum atomic E-state index is -1.03. The molecule has 0 bridgehead atoms. The molecule has 4 N–H and O–H groups in total. The summed E-state index contributed by atoms with van der Waals surface area (Å²) in [6, 6.07) is 14.4. The highest BCUT2D eigenvalue weighted by Crippen LogP contribution is 2.29. The lowest BCUT2D eigenvalue weighted by atomic mass is 9.94. The fourth-order valence-corrected chi connectivity index (χ4v) is 3.64. The number of carbonyl (C=O) groups is 4. The highest BCUT2D eigenvalue weighted by molar-refractivity contribution is 5.98. The van der Waals surface area contributed by atoms with Gasteiger partial charge in [-0.3, -0.25) is 19.2 Å². The van der Waals surface area contributed by atoms with E-state index >= 15 is 0 Å². The Labute approximate surface area is 209 Å². The third-order valence-electron chi connectivity index (χ3n) is 5.85. The molecule has 3 amide bonds. The molecule has 36 heavy (non-hydrogen) atoms. The fraction of sp³-hybridized carbons (Fsp3) is 0.385. The van der Waals surface area contributed by atoms with Crippen LogP contribution in [0.2, 0.25) is 0 Å². The predicted octanol–water partition coefficient (Wildman–Crippen LogP) is -0.0835. The quantitative estimate of drug-likeness (QED) is 0.283. The van der Waals surface area contributed by atoms with Crippen LogP contribution in [0.5, 0.6) is 5.75 Å². The number of aliphatic hydroxyl groups is 1. The third kappa shape index (κ3) is 7.62. The van der Waals surface area contributed by atoms with Crippen LogP contribution in [-0.2, 0) is 36.8 Å². The van der Waals surface area contributed by atoms with Crippen molar-refractivity contribution in [1.29, 1.82) is 0 Å². The Kier molecular flexibility index (Phi) is 9.15. The molecular weight excluding hydrogens is 466 g/mol. The van der Waals surface area contributed by atoms with Gasteiger partial charge in [-0.05, 0) is 36.6 Å². The number of rotatable bonds is 13. The number of benzene rings is 2. The summed E-state index contributed by atoms with van der Waals surface area (Å²) in [5.74, 6) is -1.49. The second kappa shape index (κ2) is 12.3. The number of amides is 3. The molecule has 1 aliphatic rings. The summed E-state index contributed by atoms with van der Waals surface area (Å²) < 4.78 is 10.5. The summed E-state index contributed by atoms with van der Waals surface area (Å²) in [4.78, 5) is 50.3. The van der Waals surface area contributed by atoms with Crippen molar-refractivity contribution in [3.63, 3.8) is 0 Å². The van der Waals surface area contributed by atoms with Crippen LogP contribution in [0.4, 0.5) is 0 Å². The molecule has 1 heterocycles. The first-order valence-corrected chi connectivity index (χ1v) is 11.6. The Morgan fingerprint density at radius 1 is 0.944 bits per heavy atom. The van der Waals surface area contributed by atoms with Crippen LogP contribution in [-0.4, -0.2) is 73.2 Å². The van der Waals surface area contributed by atoms with Gasteiger partial charge in [-0.2, -0.15) is 0 Å². The van der Waals surface area contributed by atoms with E-state index in [2.05, 4.69) is 16.0 Å². The van der Waals surface area contributed by atoms with Crippen LogP contribution in [0.15, 0.2) is 54.6 Å². The minimum Gasteiger partial charge on any atom is -0.497 e. The zero-order valence-electron chi connectivity index (χ0n) is 20.3. The van der Waals surface area contributed by atoms with Crippen LogP contribution in [0, 0.1) is 0 Å². The molecule has 3 rings (SSSR count). The van der Waals surface area contributed by atoms with E-state index in [0.717, 1.165) is 11.1 Å². The van der Waals surface area contributed by atoms with Gasteiger partial charge in [0.05, 0.1) is 26.3 Å². The summed E-state index contributed by atoms with van der Waals surface area (Å²) in [6.45, 7) is 0.792. The number of nitrogens with one attached hydrogen (secondary N) is 3. The number of hydrogen-bond donors (Lipinski definition) is 4. The van der Waals surface area contributed by atoms with Crippen molar-refractivity contribution in [2.75, 3.05) is 26.9 Å². The predicted molar refractivity (Wildman–Crippen MR) is 130 cm³/mol. The summed E-state index contributed by atoms with van der Waals surface area (Å²) in [6.07, 6.45) is 0.398. The molecule has 2 aromatic rings. The van der Waals surface area contributed by atoms with Crippen molar-refractivity contribution >= 4 is 23.5 Å². The zero-order chi connectivity index (χ0) is 26.1. The van der Waals surface area contributed by atoms with Gasteiger partial charge in [0.1, 0.15) is 24.0 Å². The number of carbonyl (C=O) groups excluding carboxylic acids is 4. The van der Waals surface area contributed by atoms with Gasteiger partial charge in [0, 0.05) is 6.42 Å². The van der Waals surface area contributed by atoms with Crippen LogP contribution >= 0.6 is 0 Å². The lowest BCUT2D eigenvalue weighted by molar-refractivity contribution is -0.133. The number of methoxy groups -OCH3 is 1. The van der Waals surface area contributed by atoms with Crippen molar-refractivity contribution in [1.82, 2.24) is 16.0 Å². The van der Waals surface area contributed by atoms with E-state index in [4.69, 9.17) is 14.6 Å². The fourth-order valence-electron chi connectivity index (χ4n) is 3.64. The van der Waals surface area contributed by atoms with Crippen molar-refractivity contribution < 1.29 is 33.8 Å². The topological polar surface area (TPSA) is 146 Å². The molecule has 0 radical (unpaired) electrons. The number of Topliss-reactive ketones (excluding diaryl/α,β-unsaturated/α-hetero) is 1. The van der Waals surface area contributed by atoms with Gasteiger partial charge in [0.2, 0.25) is 17.7 Å². The highest BCUT2D eigenvalue weighted by Gasteiger charge is 2.50. The minimum absolute atomic E-state index is 0.134. The lowest BCUT2D eigenvalue weighted by Gasteiger charge is -2.24. The van der Waals surface area contributed by atoms with E-state index in [1.807, 2.05) is 30.3 Å². The molecule has 1 fully saturated rings. The molecule has 1 saturated heterocycles. The Bertz CT molecular complexity index is 1070. The Morgan fingerprint density at radius 3 is 2.14 bits per heavy atom. The molecule has 10 heteroatoms. The zero-order valence-corrected chi connectivity index (χ0v) is 20.3. The summed E-state index contributed by atoms with van der Waals surface area (Å²) in [5, 5.41) is 16.5. The molecule has 2 aromatic carbocycles. The largest absolute Gasteiger partial charge is 0.497 e. The van der Waals surface area contributed by atoms with Gasteiger partial charge >= 0.3 is 0 Å². The van der Waals surface area contributed by atoms with Gasteiger partial charge in [-0.15, -0.1) is 0 Å². The maximum absolute atomic E-state index is 13.4. The first kappa shape index (κ1) is 26.8. The Morgan fingerprint density at radius 2 is 1.56 bits per heavy atom. The average molecular weight is 498 g/mol. The first-order chi connectivity index (χ1) is 17.2. The van der Waals surface area contributed by atoms with E-state index in [-0.39, 0.29) is 25.2 Å². The van der Waals surface area contributed by atoms with E-state index in [0.29, 0.717) is 5.75 Å². The maximum atomic E-state index is 13.4. The maximum Gasteiger partial charge on any atom is 0.246 e. The molecule has 0 aliphatic carbocycles. The molecule has 1 aliphatic heterocycles. The van der Waals surface area contributed by atoms with Gasteiger partial charge in [0.25, 0.3) is 0 Å². The summed E-state index contributed by atoms with van der Waals surface area (Å²) in [5.41, 5.74) is 0.665. The average Bonchev–Trinajstić information content (AvgIpc) is 3.65. The van der Waals surface area contributed by atoms with Crippen LogP contribution in [0.1, 0.15) is 18.1 Å². The van der Waals surface area contributed by atoms with E-state index in [9.17, 15) is 19.2 Å². The van der Waals surface area contributed by atoms with Gasteiger partial charge < -0.3 is 30.5 Å². The number of epoxide rings is 1. The van der Waals surface area contributed by atoms with Crippen molar-refractivity contribution in [2.45, 2.75) is 37.5 Å². The normalized spacial score (nSPS) is 17.9. The number of hydrogen-bond acceptors (Lipinski definition) is 7. The first-order valence-electron chi connectivity index (χ1n) is 11.6. The Balaban J connectivity index is 1.77. The van der Waals surface area contributed by atoms with Crippen molar-refractivity contribution in [2.24, 2.45) is 0 Å². The number of ether oxygens (including phenoxy) is 2. The molecule has 192 valence electrons.